The van der Waals surface area contributed by atoms with E-state index in [4.69, 9.17) is 0 Å². The number of aromatic nitrogens is 4. The van der Waals surface area contributed by atoms with Crippen LogP contribution in [0.25, 0.3) is 22.3 Å². The van der Waals surface area contributed by atoms with Crippen molar-refractivity contribution in [3.8, 4) is 23.0 Å². The lowest BCUT2D eigenvalue weighted by Crippen LogP contribution is -2.41. The lowest BCUT2D eigenvalue weighted by molar-refractivity contribution is -0.132. The molecule has 2 aromatic heterocycles. The first-order valence-corrected chi connectivity index (χ1v) is 12.2. The van der Waals surface area contributed by atoms with Crippen molar-refractivity contribution in [2.24, 2.45) is 11.3 Å². The van der Waals surface area contributed by atoms with Gasteiger partial charge in [0.15, 0.2) is 17.0 Å². The quantitative estimate of drug-likeness (QED) is 0.320. The molecule has 4 N–H and O–H groups in total. The number of carbonyl (C=O) groups excluding carboxylic acids is 1. The number of nitrogens with one attached hydrogen (secondary N) is 2. The van der Waals surface area contributed by atoms with Crippen LogP contribution < -0.4 is 10.6 Å². The number of imidazole rings is 1. The fraction of sp³-hybridized carbons (Fsp3) is 0.286. The summed E-state index contributed by atoms with van der Waals surface area (Å²) in [4.78, 5) is 26.2. The number of anilines is 1. The van der Waals surface area contributed by atoms with Gasteiger partial charge in [-0.2, -0.15) is 0 Å². The highest BCUT2D eigenvalue weighted by atomic mass is 16.3. The van der Waals surface area contributed by atoms with Crippen LogP contribution in [0.1, 0.15) is 23.9 Å². The maximum atomic E-state index is 12.5. The number of carbonyl (C=O) groups is 1. The van der Waals surface area contributed by atoms with Gasteiger partial charge in [-0.25, -0.2) is 15.0 Å². The highest BCUT2D eigenvalue weighted by Gasteiger charge is 2.75. The van der Waals surface area contributed by atoms with Crippen molar-refractivity contribution >= 4 is 22.9 Å². The van der Waals surface area contributed by atoms with Crippen molar-refractivity contribution < 1.29 is 15.0 Å². The molecule has 2 saturated carbocycles. The zero-order chi connectivity index (χ0) is 25.7. The van der Waals surface area contributed by atoms with Gasteiger partial charge in [-0.15, -0.1) is 0 Å². The van der Waals surface area contributed by atoms with Gasteiger partial charge < -0.3 is 25.4 Å². The summed E-state index contributed by atoms with van der Waals surface area (Å²) in [5.74, 6) is 6.49. The minimum Gasteiger partial charge on any atom is -0.389 e. The molecule has 0 spiro atoms. The van der Waals surface area contributed by atoms with E-state index in [9.17, 15) is 15.0 Å². The monoisotopic (exact) mass is 494 g/mol. The fourth-order valence-corrected chi connectivity index (χ4v) is 5.66. The molecule has 2 heterocycles. The molecular weight excluding hydrogens is 468 g/mol. The summed E-state index contributed by atoms with van der Waals surface area (Å²) in [6.45, 7) is 0. The van der Waals surface area contributed by atoms with Crippen LogP contribution in [-0.2, 0) is 4.79 Å². The van der Waals surface area contributed by atoms with Crippen LogP contribution in [-0.4, -0.2) is 61.9 Å². The predicted molar refractivity (Wildman–Crippen MR) is 138 cm³/mol. The molecular formula is C28H26N6O3. The first kappa shape index (κ1) is 23.2. The molecule has 5 atom stereocenters. The van der Waals surface area contributed by atoms with Gasteiger partial charge in [0, 0.05) is 25.6 Å². The van der Waals surface area contributed by atoms with E-state index >= 15 is 0 Å². The third-order valence-electron chi connectivity index (χ3n) is 7.61. The molecule has 0 saturated heterocycles. The second kappa shape index (κ2) is 8.69. The summed E-state index contributed by atoms with van der Waals surface area (Å²) in [5, 5.41) is 27.3. The topological polar surface area (TPSA) is 125 Å². The first-order valence-electron chi connectivity index (χ1n) is 12.2. The van der Waals surface area contributed by atoms with Crippen LogP contribution >= 0.6 is 0 Å². The van der Waals surface area contributed by atoms with Crippen LogP contribution in [0.15, 0.2) is 60.9 Å². The zero-order valence-corrected chi connectivity index (χ0v) is 20.4. The average molecular weight is 495 g/mol. The Morgan fingerprint density at radius 2 is 1.76 bits per heavy atom. The SMILES string of the molecule is CNC(=O)C12CC1C(n1cnc3c(NC)nc(C#Cc4ccc(-c5ccccc5)cc4)nc31)C(O)C2O. The third kappa shape index (κ3) is 3.56. The molecule has 4 aromatic rings. The number of fused-ring (bicyclic) bond motifs is 2. The second-order valence-electron chi connectivity index (χ2n) is 9.52. The van der Waals surface area contributed by atoms with E-state index in [1.165, 1.54) is 7.05 Å². The van der Waals surface area contributed by atoms with Crippen molar-refractivity contribution in [1.82, 2.24) is 24.8 Å². The molecule has 0 radical (unpaired) electrons. The van der Waals surface area contributed by atoms with Crippen LogP contribution in [0.3, 0.4) is 0 Å². The minimum absolute atomic E-state index is 0.222. The van der Waals surface area contributed by atoms with Crippen molar-refractivity contribution in [3.05, 3.63) is 72.3 Å². The lowest BCUT2D eigenvalue weighted by atomic mass is 9.98. The Hall–Kier alpha value is -4.26. The number of hydrogen-bond donors (Lipinski definition) is 4. The summed E-state index contributed by atoms with van der Waals surface area (Å²) >= 11 is 0. The van der Waals surface area contributed by atoms with E-state index in [2.05, 4.69) is 49.6 Å². The molecule has 186 valence electrons. The molecule has 2 aliphatic carbocycles. The number of nitrogens with zero attached hydrogens (tertiary/aromatic N) is 4. The van der Waals surface area contributed by atoms with Crippen molar-refractivity contribution in [3.63, 3.8) is 0 Å². The fourth-order valence-electron chi connectivity index (χ4n) is 5.66. The van der Waals surface area contributed by atoms with E-state index in [0.717, 1.165) is 16.7 Å². The lowest BCUT2D eigenvalue weighted by Gasteiger charge is -2.23. The van der Waals surface area contributed by atoms with Crippen LogP contribution in [0.5, 0.6) is 0 Å². The van der Waals surface area contributed by atoms with Gasteiger partial charge in [-0.3, -0.25) is 4.79 Å². The molecule has 37 heavy (non-hydrogen) atoms. The standard InChI is InChI=1S/C28H26N6O3/c1-29-25-21-26(34(15-31-21)22-19-14-28(19,27(37)30-2)24(36)23(22)35)33-20(32-25)13-10-16-8-11-18(12-9-16)17-6-4-3-5-7-17/h3-9,11-12,15,19,22-24,35-36H,14H2,1-2H3,(H,30,37)(H,29,32,33). The Balaban J connectivity index is 1.34. The van der Waals surface area contributed by atoms with Crippen LogP contribution in [0.2, 0.25) is 0 Å². The molecule has 2 aliphatic rings. The first-order chi connectivity index (χ1) is 18.0. The number of amides is 1. The summed E-state index contributed by atoms with van der Waals surface area (Å²) < 4.78 is 1.74. The Labute approximate surface area is 213 Å². The van der Waals surface area contributed by atoms with Crippen molar-refractivity contribution in [2.45, 2.75) is 24.7 Å². The number of rotatable bonds is 4. The van der Waals surface area contributed by atoms with Gasteiger partial charge in [0.25, 0.3) is 0 Å². The highest BCUT2D eigenvalue weighted by Crippen LogP contribution is 2.67. The molecule has 0 aliphatic heterocycles. The minimum atomic E-state index is -1.16. The van der Waals surface area contributed by atoms with Gasteiger partial charge in [-0.1, -0.05) is 48.4 Å². The van der Waals surface area contributed by atoms with Crippen molar-refractivity contribution in [2.75, 3.05) is 19.4 Å². The molecule has 1 amide bonds. The molecule has 9 nitrogen and oxygen atoms in total. The van der Waals surface area contributed by atoms with Crippen LogP contribution in [0.4, 0.5) is 5.82 Å². The number of aliphatic hydroxyl groups excluding tert-OH is 2. The largest absolute Gasteiger partial charge is 0.389 e. The van der Waals surface area contributed by atoms with Gasteiger partial charge in [0.1, 0.15) is 6.10 Å². The van der Waals surface area contributed by atoms with E-state index in [0.29, 0.717) is 29.2 Å². The van der Waals surface area contributed by atoms with Gasteiger partial charge in [0.05, 0.1) is 23.9 Å². The molecule has 6 rings (SSSR count). The number of aliphatic hydroxyl groups is 2. The Morgan fingerprint density at radius 3 is 2.46 bits per heavy atom. The highest BCUT2D eigenvalue weighted by molar-refractivity contribution is 5.88. The van der Waals surface area contributed by atoms with Gasteiger partial charge in [0.2, 0.25) is 11.7 Å². The van der Waals surface area contributed by atoms with Gasteiger partial charge in [-0.05, 0) is 35.6 Å². The number of hydrogen-bond acceptors (Lipinski definition) is 7. The van der Waals surface area contributed by atoms with E-state index in [1.807, 2.05) is 42.5 Å². The smallest absolute Gasteiger partial charge is 0.229 e. The molecule has 5 unspecified atom stereocenters. The molecule has 0 bridgehead atoms. The van der Waals surface area contributed by atoms with Crippen LogP contribution in [0, 0.1) is 23.2 Å². The maximum absolute atomic E-state index is 12.5. The summed E-state index contributed by atoms with van der Waals surface area (Å²) in [6, 6.07) is 17.6. The third-order valence-corrected chi connectivity index (χ3v) is 7.61. The van der Waals surface area contributed by atoms with E-state index in [1.54, 1.807) is 17.9 Å². The summed E-state index contributed by atoms with van der Waals surface area (Å²) in [5.41, 5.74) is 3.10. The summed E-state index contributed by atoms with van der Waals surface area (Å²) in [6.07, 6.45) is -0.216. The Bertz CT molecular complexity index is 1560. The van der Waals surface area contributed by atoms with E-state index in [-0.39, 0.29) is 11.8 Å². The summed E-state index contributed by atoms with van der Waals surface area (Å²) in [7, 11) is 3.28. The Kier molecular flexibility index (Phi) is 5.44. The second-order valence-corrected chi connectivity index (χ2v) is 9.52. The van der Waals surface area contributed by atoms with Gasteiger partial charge >= 0.3 is 0 Å². The Morgan fingerprint density at radius 1 is 1.03 bits per heavy atom. The van der Waals surface area contributed by atoms with Crippen molar-refractivity contribution in [1.29, 1.82) is 0 Å². The average Bonchev–Trinajstić information content (AvgIpc) is 3.48. The number of benzene rings is 2. The zero-order valence-electron chi connectivity index (χ0n) is 20.4. The van der Waals surface area contributed by atoms with E-state index < -0.39 is 23.7 Å². The molecule has 9 heteroatoms. The molecule has 2 fully saturated rings. The predicted octanol–water partition coefficient (Wildman–Crippen LogP) is 1.96. The molecule has 2 aromatic carbocycles. The normalized spacial score (nSPS) is 25.7. The maximum Gasteiger partial charge on any atom is 0.229 e.